The SMILES string of the molecule is CC1Cc2ccccc2N(C2CNC2)C1. The fourth-order valence-corrected chi connectivity index (χ4v) is 2.68. The molecule has 2 nitrogen and oxygen atoms in total. The summed E-state index contributed by atoms with van der Waals surface area (Å²) in [6.07, 6.45) is 1.24. The van der Waals surface area contributed by atoms with Gasteiger partial charge in [-0.05, 0) is 24.0 Å². The van der Waals surface area contributed by atoms with E-state index in [0.29, 0.717) is 0 Å². The molecule has 3 rings (SSSR count). The lowest BCUT2D eigenvalue weighted by Crippen LogP contribution is -2.59. The molecule has 2 aliphatic heterocycles. The fourth-order valence-electron chi connectivity index (χ4n) is 2.68. The van der Waals surface area contributed by atoms with E-state index < -0.39 is 0 Å². The maximum absolute atomic E-state index is 3.36. The van der Waals surface area contributed by atoms with Crippen LogP contribution in [0.5, 0.6) is 0 Å². The van der Waals surface area contributed by atoms with E-state index in [1.807, 2.05) is 0 Å². The molecule has 2 aliphatic rings. The summed E-state index contributed by atoms with van der Waals surface area (Å²) >= 11 is 0. The highest BCUT2D eigenvalue weighted by atomic mass is 15.2. The van der Waals surface area contributed by atoms with Gasteiger partial charge in [0.2, 0.25) is 0 Å². The second-order valence-corrected chi connectivity index (χ2v) is 4.90. The van der Waals surface area contributed by atoms with Gasteiger partial charge < -0.3 is 10.2 Å². The molecule has 1 saturated heterocycles. The molecule has 2 heteroatoms. The molecule has 0 spiro atoms. The van der Waals surface area contributed by atoms with E-state index in [1.54, 1.807) is 0 Å². The van der Waals surface area contributed by atoms with Crippen molar-refractivity contribution in [3.05, 3.63) is 29.8 Å². The van der Waals surface area contributed by atoms with Crippen LogP contribution in [0.3, 0.4) is 0 Å². The second kappa shape index (κ2) is 3.53. The van der Waals surface area contributed by atoms with Crippen LogP contribution in [0.2, 0.25) is 0 Å². The zero-order valence-corrected chi connectivity index (χ0v) is 9.24. The van der Waals surface area contributed by atoms with Crippen LogP contribution in [-0.4, -0.2) is 25.7 Å². The minimum absolute atomic E-state index is 0.730. The van der Waals surface area contributed by atoms with E-state index in [-0.39, 0.29) is 0 Å². The Hall–Kier alpha value is -1.02. The van der Waals surface area contributed by atoms with E-state index in [1.165, 1.54) is 24.2 Å². The predicted octanol–water partition coefficient (Wildman–Crippen LogP) is 1.66. The molecule has 15 heavy (non-hydrogen) atoms. The zero-order chi connectivity index (χ0) is 10.3. The number of rotatable bonds is 1. The van der Waals surface area contributed by atoms with E-state index in [4.69, 9.17) is 0 Å². The first kappa shape index (κ1) is 9.22. The van der Waals surface area contributed by atoms with Gasteiger partial charge in [-0.3, -0.25) is 0 Å². The molecule has 1 N–H and O–H groups in total. The third kappa shape index (κ3) is 1.53. The lowest BCUT2D eigenvalue weighted by Gasteiger charge is -2.44. The van der Waals surface area contributed by atoms with Crippen LogP contribution in [0.15, 0.2) is 24.3 Å². The molecule has 0 bridgehead atoms. The number of benzene rings is 1. The normalized spacial score (nSPS) is 25.9. The van der Waals surface area contributed by atoms with E-state index >= 15 is 0 Å². The van der Waals surface area contributed by atoms with Crippen LogP contribution in [-0.2, 0) is 6.42 Å². The number of fused-ring (bicyclic) bond motifs is 1. The molecule has 0 amide bonds. The summed E-state index contributed by atoms with van der Waals surface area (Å²) in [5.41, 5.74) is 3.00. The van der Waals surface area contributed by atoms with Crippen molar-refractivity contribution in [3.63, 3.8) is 0 Å². The summed E-state index contributed by atoms with van der Waals surface area (Å²) in [4.78, 5) is 2.60. The number of anilines is 1. The molecule has 1 aromatic carbocycles. The Balaban J connectivity index is 1.95. The first-order valence-electron chi connectivity index (χ1n) is 5.90. The Bertz CT molecular complexity index is 357. The summed E-state index contributed by atoms with van der Waals surface area (Å²) < 4.78 is 0. The lowest BCUT2D eigenvalue weighted by molar-refractivity contribution is 0.382. The molecule has 0 aromatic heterocycles. The molecular formula is C13H18N2. The molecule has 1 aromatic rings. The first-order chi connectivity index (χ1) is 7.34. The second-order valence-electron chi connectivity index (χ2n) is 4.90. The van der Waals surface area contributed by atoms with Crippen molar-refractivity contribution in [1.29, 1.82) is 0 Å². The number of para-hydroxylation sites is 1. The van der Waals surface area contributed by atoms with Crippen LogP contribution >= 0.6 is 0 Å². The largest absolute Gasteiger partial charge is 0.365 e. The fraction of sp³-hybridized carbons (Fsp3) is 0.538. The standard InChI is InChI=1S/C13H18N2/c1-10-6-11-4-2-3-5-13(11)15(9-10)12-7-14-8-12/h2-5,10,12,14H,6-9H2,1H3. The van der Waals surface area contributed by atoms with Crippen molar-refractivity contribution in [2.24, 2.45) is 5.92 Å². The van der Waals surface area contributed by atoms with Gasteiger partial charge in [-0.25, -0.2) is 0 Å². The topological polar surface area (TPSA) is 15.3 Å². The van der Waals surface area contributed by atoms with E-state index in [9.17, 15) is 0 Å². The van der Waals surface area contributed by atoms with E-state index in [2.05, 4.69) is 41.4 Å². The average Bonchev–Trinajstić information content (AvgIpc) is 2.14. The molecule has 0 aliphatic carbocycles. The predicted molar refractivity (Wildman–Crippen MR) is 63.3 cm³/mol. The Morgan fingerprint density at radius 2 is 2.07 bits per heavy atom. The van der Waals surface area contributed by atoms with Gasteiger partial charge in [0.15, 0.2) is 0 Å². The van der Waals surface area contributed by atoms with Gasteiger partial charge in [-0.2, -0.15) is 0 Å². The maximum atomic E-state index is 3.36. The number of nitrogens with zero attached hydrogens (tertiary/aromatic N) is 1. The van der Waals surface area contributed by atoms with Crippen molar-refractivity contribution >= 4 is 5.69 Å². The van der Waals surface area contributed by atoms with Gasteiger partial charge in [0.25, 0.3) is 0 Å². The Morgan fingerprint density at radius 1 is 1.27 bits per heavy atom. The smallest absolute Gasteiger partial charge is 0.0539 e. The molecule has 0 radical (unpaired) electrons. The molecular weight excluding hydrogens is 184 g/mol. The van der Waals surface area contributed by atoms with Crippen LogP contribution in [0.25, 0.3) is 0 Å². The number of hydrogen-bond acceptors (Lipinski definition) is 2. The summed E-state index contributed by atoms with van der Waals surface area (Å²) in [5.74, 6) is 0.792. The minimum Gasteiger partial charge on any atom is -0.365 e. The van der Waals surface area contributed by atoms with Crippen LogP contribution in [0.4, 0.5) is 5.69 Å². The Morgan fingerprint density at radius 3 is 2.80 bits per heavy atom. The highest BCUT2D eigenvalue weighted by Crippen LogP contribution is 2.31. The van der Waals surface area contributed by atoms with Gasteiger partial charge in [0.05, 0.1) is 6.04 Å². The van der Waals surface area contributed by atoms with Gasteiger partial charge in [0, 0.05) is 25.3 Å². The Kier molecular flexibility index (Phi) is 2.17. The molecule has 1 unspecified atom stereocenters. The Labute approximate surface area is 91.3 Å². The average molecular weight is 202 g/mol. The highest BCUT2D eigenvalue weighted by molar-refractivity contribution is 5.57. The van der Waals surface area contributed by atoms with Crippen LogP contribution in [0, 0.1) is 5.92 Å². The first-order valence-corrected chi connectivity index (χ1v) is 5.90. The monoisotopic (exact) mass is 202 g/mol. The molecule has 1 atom stereocenters. The van der Waals surface area contributed by atoms with Gasteiger partial charge in [-0.1, -0.05) is 25.1 Å². The van der Waals surface area contributed by atoms with Crippen LogP contribution in [0.1, 0.15) is 12.5 Å². The van der Waals surface area contributed by atoms with Crippen molar-refractivity contribution in [2.45, 2.75) is 19.4 Å². The summed E-state index contributed by atoms with van der Waals surface area (Å²) in [6, 6.07) is 9.61. The quantitative estimate of drug-likeness (QED) is 0.745. The zero-order valence-electron chi connectivity index (χ0n) is 9.24. The summed E-state index contributed by atoms with van der Waals surface area (Å²) in [7, 11) is 0. The third-order valence-corrected chi connectivity index (χ3v) is 3.58. The minimum atomic E-state index is 0.730. The molecule has 80 valence electrons. The third-order valence-electron chi connectivity index (χ3n) is 3.58. The number of hydrogen-bond donors (Lipinski definition) is 1. The van der Waals surface area contributed by atoms with Crippen LogP contribution < -0.4 is 10.2 Å². The molecule has 2 heterocycles. The van der Waals surface area contributed by atoms with Crippen molar-refractivity contribution in [3.8, 4) is 0 Å². The van der Waals surface area contributed by atoms with Crippen molar-refractivity contribution < 1.29 is 0 Å². The van der Waals surface area contributed by atoms with Crippen molar-refractivity contribution in [2.75, 3.05) is 24.5 Å². The molecule has 0 saturated carbocycles. The van der Waals surface area contributed by atoms with Crippen molar-refractivity contribution in [1.82, 2.24) is 5.32 Å². The van der Waals surface area contributed by atoms with Gasteiger partial charge in [-0.15, -0.1) is 0 Å². The van der Waals surface area contributed by atoms with Gasteiger partial charge >= 0.3 is 0 Å². The highest BCUT2D eigenvalue weighted by Gasteiger charge is 2.30. The molecule has 1 fully saturated rings. The van der Waals surface area contributed by atoms with E-state index in [0.717, 1.165) is 25.0 Å². The summed E-state index contributed by atoms with van der Waals surface area (Å²) in [5, 5.41) is 3.36. The number of nitrogens with one attached hydrogen (secondary N) is 1. The maximum Gasteiger partial charge on any atom is 0.0539 e. The van der Waals surface area contributed by atoms with Gasteiger partial charge in [0.1, 0.15) is 0 Å². The lowest BCUT2D eigenvalue weighted by atomic mass is 9.92. The summed E-state index contributed by atoms with van der Waals surface area (Å²) in [6.45, 7) is 5.89.